The maximum Gasteiger partial charge on any atom is 0.336 e. The van der Waals surface area contributed by atoms with Gasteiger partial charge in [-0.05, 0) is 76.8 Å². The fourth-order valence-corrected chi connectivity index (χ4v) is 3.69. The first kappa shape index (κ1) is 18.6. The van der Waals surface area contributed by atoms with Crippen LogP contribution in [0.25, 0.3) is 16.3 Å². The first-order chi connectivity index (χ1) is 13.9. The second-order valence-corrected chi connectivity index (χ2v) is 7.27. The lowest BCUT2D eigenvalue weighted by Gasteiger charge is -2.17. The van der Waals surface area contributed by atoms with Gasteiger partial charge in [0.05, 0.1) is 5.56 Å². The van der Waals surface area contributed by atoms with Crippen molar-refractivity contribution in [3.63, 3.8) is 0 Å². The van der Waals surface area contributed by atoms with Crippen molar-refractivity contribution in [1.82, 2.24) is 0 Å². The number of rotatable bonds is 3. The van der Waals surface area contributed by atoms with Crippen LogP contribution in [0.4, 0.5) is 0 Å². The summed E-state index contributed by atoms with van der Waals surface area (Å²) in [7, 11) is 0. The van der Waals surface area contributed by atoms with E-state index in [0.29, 0.717) is 11.1 Å². The minimum absolute atomic E-state index is 0.0337. The van der Waals surface area contributed by atoms with Crippen molar-refractivity contribution in [2.45, 2.75) is 13.8 Å². The summed E-state index contributed by atoms with van der Waals surface area (Å²) >= 11 is 0. The van der Waals surface area contributed by atoms with Crippen LogP contribution < -0.4 is 0 Å². The summed E-state index contributed by atoms with van der Waals surface area (Å²) in [6.45, 7) is 3.83. The molecular weight excluding hydrogens is 360 g/mol. The highest BCUT2D eigenvalue weighted by molar-refractivity contribution is 6.08. The van der Waals surface area contributed by atoms with Crippen molar-refractivity contribution in [1.29, 1.82) is 0 Å². The Labute approximate surface area is 169 Å². The van der Waals surface area contributed by atoms with E-state index in [4.69, 9.17) is 0 Å². The molecule has 0 atom stereocenters. The number of carbonyl (C=O) groups is 2. The molecule has 0 aromatic heterocycles. The first-order valence-corrected chi connectivity index (χ1v) is 9.42. The van der Waals surface area contributed by atoms with Gasteiger partial charge in [-0.15, -0.1) is 0 Å². The monoisotopic (exact) mass is 380 g/mol. The molecule has 3 aromatic rings. The third-order valence-corrected chi connectivity index (χ3v) is 5.17. The molecule has 1 N–H and O–H groups in total. The number of benzene rings is 3. The molecule has 0 bridgehead atoms. The summed E-state index contributed by atoms with van der Waals surface area (Å²) < 4.78 is 0. The van der Waals surface area contributed by atoms with Gasteiger partial charge in [-0.1, -0.05) is 60.2 Å². The van der Waals surface area contributed by atoms with Gasteiger partial charge in [0.15, 0.2) is 5.78 Å². The average Bonchev–Trinajstić information content (AvgIpc) is 2.71. The predicted octanol–water partition coefficient (Wildman–Crippen LogP) is 5.73. The molecule has 1 aliphatic carbocycles. The molecule has 4 rings (SSSR count). The van der Waals surface area contributed by atoms with Crippen LogP contribution in [0, 0.1) is 6.92 Å². The van der Waals surface area contributed by atoms with Crippen molar-refractivity contribution in [3.8, 4) is 0 Å². The molecule has 0 heterocycles. The molecule has 0 amide bonds. The summed E-state index contributed by atoms with van der Waals surface area (Å²) in [5.74, 6) is -1.01. The van der Waals surface area contributed by atoms with Gasteiger partial charge in [-0.3, -0.25) is 4.79 Å². The van der Waals surface area contributed by atoms with Crippen LogP contribution in [0.5, 0.6) is 0 Å². The largest absolute Gasteiger partial charge is 0.478 e. The zero-order valence-electron chi connectivity index (χ0n) is 16.3. The predicted molar refractivity (Wildman–Crippen MR) is 116 cm³/mol. The highest BCUT2D eigenvalue weighted by atomic mass is 16.4. The van der Waals surface area contributed by atoms with Crippen molar-refractivity contribution < 1.29 is 14.7 Å². The number of hydrogen-bond donors (Lipinski definition) is 1. The number of carboxylic acid groups (broad SMARTS) is 1. The molecule has 29 heavy (non-hydrogen) atoms. The Hall–Kier alpha value is -3.72. The van der Waals surface area contributed by atoms with E-state index in [-0.39, 0.29) is 11.3 Å². The quantitative estimate of drug-likeness (QED) is 0.631. The third kappa shape index (κ3) is 3.55. The number of carboxylic acids is 1. The lowest BCUT2D eigenvalue weighted by Crippen LogP contribution is -2.06. The summed E-state index contributed by atoms with van der Waals surface area (Å²) in [5.41, 5.74) is 5.21. The fourth-order valence-electron chi connectivity index (χ4n) is 3.69. The van der Waals surface area contributed by atoms with E-state index < -0.39 is 5.97 Å². The Kier molecular flexibility index (Phi) is 4.73. The van der Waals surface area contributed by atoms with Crippen LogP contribution >= 0.6 is 0 Å². The molecule has 0 aliphatic heterocycles. The van der Waals surface area contributed by atoms with Crippen molar-refractivity contribution in [2.24, 2.45) is 0 Å². The van der Waals surface area contributed by atoms with Crippen molar-refractivity contribution in [3.05, 3.63) is 112 Å². The summed E-state index contributed by atoms with van der Waals surface area (Å²) in [4.78, 5) is 23.8. The topological polar surface area (TPSA) is 54.4 Å². The van der Waals surface area contributed by atoms with E-state index in [9.17, 15) is 14.7 Å². The first-order valence-electron chi connectivity index (χ1n) is 9.42. The van der Waals surface area contributed by atoms with Gasteiger partial charge in [0.2, 0.25) is 0 Å². The maximum absolute atomic E-state index is 11.9. The molecule has 3 aromatic carbocycles. The number of hydrogen-bond acceptors (Lipinski definition) is 2. The highest BCUT2D eigenvalue weighted by Crippen LogP contribution is 2.34. The van der Waals surface area contributed by atoms with Gasteiger partial charge >= 0.3 is 5.97 Å². The van der Waals surface area contributed by atoms with Crippen LogP contribution in [0.2, 0.25) is 0 Å². The molecule has 3 nitrogen and oxygen atoms in total. The van der Waals surface area contributed by atoms with Crippen LogP contribution in [-0.4, -0.2) is 16.9 Å². The number of allylic oxidation sites excluding steroid dienone is 5. The molecule has 0 spiro atoms. The van der Waals surface area contributed by atoms with Crippen LogP contribution in [-0.2, 0) is 4.79 Å². The van der Waals surface area contributed by atoms with E-state index in [1.807, 2.05) is 24.3 Å². The number of carbonyl (C=O) groups excluding carboxylic acids is 1. The van der Waals surface area contributed by atoms with Gasteiger partial charge in [-0.25, -0.2) is 4.79 Å². The van der Waals surface area contributed by atoms with Gasteiger partial charge in [0, 0.05) is 0 Å². The van der Waals surface area contributed by atoms with Gasteiger partial charge in [0.25, 0.3) is 0 Å². The molecule has 1 aliphatic rings. The molecule has 0 saturated heterocycles. The molecule has 142 valence electrons. The molecule has 0 unspecified atom stereocenters. The Morgan fingerprint density at radius 2 is 1.52 bits per heavy atom. The number of ketones is 1. The molecular formula is C26H20O3. The third-order valence-electron chi connectivity index (χ3n) is 5.17. The van der Waals surface area contributed by atoms with Crippen LogP contribution in [0.15, 0.2) is 90.0 Å². The van der Waals surface area contributed by atoms with Gasteiger partial charge in [0.1, 0.15) is 0 Å². The summed E-state index contributed by atoms with van der Waals surface area (Å²) in [6, 6.07) is 19.4. The van der Waals surface area contributed by atoms with E-state index in [2.05, 4.69) is 37.3 Å². The molecule has 0 fully saturated rings. The minimum Gasteiger partial charge on any atom is -0.478 e. The normalized spacial score (nSPS) is 15.4. The van der Waals surface area contributed by atoms with E-state index in [1.54, 1.807) is 31.2 Å². The molecule has 0 radical (unpaired) electrons. The van der Waals surface area contributed by atoms with Gasteiger partial charge in [-0.2, -0.15) is 0 Å². The van der Waals surface area contributed by atoms with Crippen molar-refractivity contribution >= 4 is 28.1 Å². The zero-order chi connectivity index (χ0) is 20.5. The second-order valence-electron chi connectivity index (χ2n) is 7.27. The fraction of sp³-hybridized carbons (Fsp3) is 0.0769. The summed E-state index contributed by atoms with van der Waals surface area (Å²) in [6.07, 6.45) is 5.14. The molecule has 3 heteroatoms. The smallest absolute Gasteiger partial charge is 0.336 e. The van der Waals surface area contributed by atoms with E-state index >= 15 is 0 Å². The SMILES string of the molecule is CC1=C/C(=C(\c2ccc3cc(C)ccc3c2)c2ccccc2C(=O)O)C=CC1=O. The Morgan fingerprint density at radius 3 is 2.24 bits per heavy atom. The number of fused-ring (bicyclic) bond motifs is 1. The van der Waals surface area contributed by atoms with E-state index in [1.165, 1.54) is 5.56 Å². The minimum atomic E-state index is -0.980. The number of aryl methyl sites for hydroxylation is 1. The Balaban J connectivity index is 2.03. The van der Waals surface area contributed by atoms with Crippen LogP contribution in [0.3, 0.4) is 0 Å². The second kappa shape index (κ2) is 7.36. The molecule has 0 saturated carbocycles. The highest BCUT2D eigenvalue weighted by Gasteiger charge is 2.19. The maximum atomic E-state index is 11.9. The lowest BCUT2D eigenvalue weighted by atomic mass is 9.86. The standard InChI is InChI=1S/C26H20O3/c1-16-7-8-19-15-21(10-9-18(19)13-16)25(20-11-12-24(27)17(2)14-20)22-5-3-4-6-23(22)26(28)29/h3-15H,1-2H3,(H,28,29)/b25-20+. The van der Waals surface area contributed by atoms with Gasteiger partial charge < -0.3 is 5.11 Å². The van der Waals surface area contributed by atoms with E-state index in [0.717, 1.165) is 27.5 Å². The summed E-state index contributed by atoms with van der Waals surface area (Å²) in [5, 5.41) is 12.0. The Bertz CT molecular complexity index is 1260. The average molecular weight is 380 g/mol. The lowest BCUT2D eigenvalue weighted by molar-refractivity contribution is -0.111. The van der Waals surface area contributed by atoms with Crippen molar-refractivity contribution in [2.75, 3.05) is 0 Å². The Morgan fingerprint density at radius 1 is 0.828 bits per heavy atom. The number of aromatic carboxylic acids is 1. The zero-order valence-corrected chi connectivity index (χ0v) is 16.3. The van der Waals surface area contributed by atoms with Crippen LogP contribution in [0.1, 0.15) is 34.0 Å².